The first-order valence-corrected chi connectivity index (χ1v) is 6.19. The number of rotatable bonds is 3. The van der Waals surface area contributed by atoms with E-state index in [0.29, 0.717) is 6.61 Å². The smallest absolute Gasteiger partial charge is 0.234 e. The maximum atomic E-state index is 11.9. The molecule has 0 bridgehead atoms. The Kier molecular flexibility index (Phi) is 2.38. The molecule has 1 aromatic carbocycles. The minimum atomic E-state index is -0.491. The van der Waals surface area contributed by atoms with Crippen molar-refractivity contribution in [2.45, 2.75) is 32.3 Å². The van der Waals surface area contributed by atoms with Gasteiger partial charge in [0, 0.05) is 5.69 Å². The molecule has 0 spiro atoms. The molecule has 2 aliphatic heterocycles. The predicted octanol–water partition coefficient (Wildman–Crippen LogP) is 2.00. The molecule has 0 saturated carbocycles. The number of ether oxygens (including phenoxy) is 2. The number of hydrogen-bond acceptors (Lipinski definition) is 3. The van der Waals surface area contributed by atoms with Crippen LogP contribution in [-0.2, 0) is 14.9 Å². The number of carbonyl (C=O) groups is 1. The van der Waals surface area contributed by atoms with Crippen LogP contribution in [-0.4, -0.2) is 25.2 Å². The van der Waals surface area contributed by atoms with Crippen molar-refractivity contribution in [3.05, 3.63) is 23.3 Å². The molecule has 1 unspecified atom stereocenters. The van der Waals surface area contributed by atoms with Gasteiger partial charge in [0.1, 0.15) is 18.5 Å². The van der Waals surface area contributed by atoms with Gasteiger partial charge in [-0.2, -0.15) is 0 Å². The normalized spacial score (nSPS) is 23.5. The van der Waals surface area contributed by atoms with Crippen LogP contribution in [0.4, 0.5) is 5.69 Å². The average molecular weight is 247 g/mol. The van der Waals surface area contributed by atoms with Crippen molar-refractivity contribution in [2.75, 3.05) is 18.5 Å². The van der Waals surface area contributed by atoms with E-state index in [2.05, 4.69) is 5.32 Å². The maximum Gasteiger partial charge on any atom is 0.234 e. The van der Waals surface area contributed by atoms with Gasteiger partial charge >= 0.3 is 0 Å². The van der Waals surface area contributed by atoms with Crippen LogP contribution in [0.25, 0.3) is 0 Å². The Morgan fingerprint density at radius 3 is 2.89 bits per heavy atom. The van der Waals surface area contributed by atoms with Crippen LogP contribution in [0.15, 0.2) is 12.1 Å². The highest BCUT2D eigenvalue weighted by atomic mass is 16.6. The third-order valence-corrected chi connectivity index (χ3v) is 3.63. The summed E-state index contributed by atoms with van der Waals surface area (Å²) >= 11 is 0. The van der Waals surface area contributed by atoms with E-state index in [1.807, 2.05) is 32.9 Å². The average Bonchev–Trinajstić information content (AvgIpc) is 3.09. The number of hydrogen-bond donors (Lipinski definition) is 1. The summed E-state index contributed by atoms with van der Waals surface area (Å²) in [6.45, 7) is 7.22. The fourth-order valence-electron chi connectivity index (χ4n) is 2.24. The van der Waals surface area contributed by atoms with Gasteiger partial charge in [-0.05, 0) is 44.0 Å². The van der Waals surface area contributed by atoms with Gasteiger partial charge in [-0.3, -0.25) is 4.79 Å². The lowest BCUT2D eigenvalue weighted by molar-refractivity contribution is -0.119. The molecule has 2 heterocycles. The summed E-state index contributed by atoms with van der Waals surface area (Å²) in [7, 11) is 0. The minimum Gasteiger partial charge on any atom is -0.491 e. The van der Waals surface area contributed by atoms with E-state index >= 15 is 0 Å². The molecule has 4 heteroatoms. The van der Waals surface area contributed by atoms with Gasteiger partial charge in [0.25, 0.3) is 0 Å². The second kappa shape index (κ2) is 3.72. The predicted molar refractivity (Wildman–Crippen MR) is 68.1 cm³/mol. The molecule has 3 rings (SSSR count). The fourth-order valence-corrected chi connectivity index (χ4v) is 2.24. The molecule has 0 radical (unpaired) electrons. The maximum absolute atomic E-state index is 11.9. The number of fused-ring (bicyclic) bond motifs is 1. The summed E-state index contributed by atoms with van der Waals surface area (Å²) in [6, 6.07) is 3.92. The molecular formula is C14H17NO3. The Balaban J connectivity index is 1.93. The lowest BCUT2D eigenvalue weighted by Gasteiger charge is -2.16. The molecule has 0 aliphatic carbocycles. The van der Waals surface area contributed by atoms with Crippen LogP contribution in [0.3, 0.4) is 0 Å². The zero-order valence-corrected chi connectivity index (χ0v) is 10.9. The Bertz CT molecular complexity index is 518. The number of anilines is 1. The van der Waals surface area contributed by atoms with E-state index in [9.17, 15) is 4.79 Å². The Hall–Kier alpha value is -1.55. The highest BCUT2D eigenvalue weighted by Gasteiger charge is 2.39. The van der Waals surface area contributed by atoms with Crippen molar-refractivity contribution in [1.82, 2.24) is 0 Å². The monoisotopic (exact) mass is 247 g/mol. The van der Waals surface area contributed by atoms with Crippen molar-refractivity contribution < 1.29 is 14.3 Å². The third kappa shape index (κ3) is 1.77. The summed E-state index contributed by atoms with van der Waals surface area (Å²) < 4.78 is 10.8. The van der Waals surface area contributed by atoms with Gasteiger partial charge in [0.2, 0.25) is 5.91 Å². The summed E-state index contributed by atoms with van der Waals surface area (Å²) in [6.07, 6.45) is 0.242. The zero-order valence-electron chi connectivity index (χ0n) is 10.9. The Morgan fingerprint density at radius 2 is 2.22 bits per heavy atom. The van der Waals surface area contributed by atoms with Gasteiger partial charge in [0.05, 0.1) is 12.0 Å². The van der Waals surface area contributed by atoms with E-state index < -0.39 is 5.41 Å². The third-order valence-electron chi connectivity index (χ3n) is 3.63. The highest BCUT2D eigenvalue weighted by Crippen LogP contribution is 2.41. The second-order valence-corrected chi connectivity index (χ2v) is 5.51. The minimum absolute atomic E-state index is 0.0447. The van der Waals surface area contributed by atoms with E-state index in [1.165, 1.54) is 0 Å². The molecule has 4 nitrogen and oxygen atoms in total. The van der Waals surface area contributed by atoms with Crippen LogP contribution in [0.2, 0.25) is 0 Å². The Labute approximate surface area is 106 Å². The van der Waals surface area contributed by atoms with Crippen molar-refractivity contribution >= 4 is 11.6 Å². The first kappa shape index (κ1) is 11.5. The lowest BCUT2D eigenvalue weighted by atomic mass is 9.85. The second-order valence-electron chi connectivity index (χ2n) is 5.51. The van der Waals surface area contributed by atoms with E-state index in [4.69, 9.17) is 9.47 Å². The lowest BCUT2D eigenvalue weighted by Crippen LogP contribution is -2.26. The van der Waals surface area contributed by atoms with Gasteiger partial charge in [-0.1, -0.05) is 0 Å². The van der Waals surface area contributed by atoms with E-state index in [1.54, 1.807) is 0 Å². The van der Waals surface area contributed by atoms with Crippen LogP contribution < -0.4 is 10.1 Å². The molecule has 0 aromatic heterocycles. The number of aryl methyl sites for hydroxylation is 1. The molecule has 1 N–H and O–H groups in total. The van der Waals surface area contributed by atoms with E-state index in [0.717, 1.165) is 29.2 Å². The molecular weight excluding hydrogens is 230 g/mol. The largest absolute Gasteiger partial charge is 0.491 e. The van der Waals surface area contributed by atoms with Gasteiger partial charge in [-0.25, -0.2) is 0 Å². The molecule has 96 valence electrons. The van der Waals surface area contributed by atoms with Crippen molar-refractivity contribution in [3.8, 4) is 5.75 Å². The summed E-state index contributed by atoms with van der Waals surface area (Å²) in [5, 5.41) is 2.94. The topological polar surface area (TPSA) is 50.9 Å². The first-order valence-electron chi connectivity index (χ1n) is 6.19. The number of epoxide rings is 1. The highest BCUT2D eigenvalue weighted by molar-refractivity contribution is 6.06. The molecule has 1 saturated heterocycles. The van der Waals surface area contributed by atoms with Gasteiger partial charge < -0.3 is 14.8 Å². The zero-order chi connectivity index (χ0) is 12.9. The summed E-state index contributed by atoms with van der Waals surface area (Å²) in [5.74, 6) is 0.856. The van der Waals surface area contributed by atoms with Crippen molar-refractivity contribution in [1.29, 1.82) is 0 Å². The van der Waals surface area contributed by atoms with Crippen LogP contribution in [0.1, 0.15) is 25.0 Å². The standard InChI is InChI=1S/C14H17NO3/c1-8-4-9(17-6-10-7-18-10)5-11-12(8)15-13(16)14(11,2)3/h4-5,10H,6-7H2,1-3H3,(H,15,16). The summed E-state index contributed by atoms with van der Waals surface area (Å²) in [5.41, 5.74) is 2.49. The Morgan fingerprint density at radius 1 is 1.50 bits per heavy atom. The molecule has 2 aliphatic rings. The number of carbonyl (C=O) groups excluding carboxylic acids is 1. The fraction of sp³-hybridized carbons (Fsp3) is 0.500. The van der Waals surface area contributed by atoms with Crippen LogP contribution >= 0.6 is 0 Å². The number of nitrogens with one attached hydrogen (secondary N) is 1. The molecule has 1 aromatic rings. The molecule has 1 fully saturated rings. The summed E-state index contributed by atoms with van der Waals surface area (Å²) in [4.78, 5) is 11.9. The van der Waals surface area contributed by atoms with Crippen molar-refractivity contribution in [3.63, 3.8) is 0 Å². The van der Waals surface area contributed by atoms with Crippen LogP contribution in [0.5, 0.6) is 5.75 Å². The number of amides is 1. The molecule has 1 atom stereocenters. The first-order chi connectivity index (χ1) is 8.48. The molecule has 1 amide bonds. The van der Waals surface area contributed by atoms with E-state index in [-0.39, 0.29) is 12.0 Å². The van der Waals surface area contributed by atoms with Crippen molar-refractivity contribution in [2.24, 2.45) is 0 Å². The quantitative estimate of drug-likeness (QED) is 0.831. The SMILES string of the molecule is Cc1cc(OCC2CO2)cc2c1NC(=O)C2(C)C. The molecule has 18 heavy (non-hydrogen) atoms. The van der Waals surface area contributed by atoms with Crippen LogP contribution in [0, 0.1) is 6.92 Å². The number of benzene rings is 1. The van der Waals surface area contributed by atoms with Gasteiger partial charge in [-0.15, -0.1) is 0 Å². The van der Waals surface area contributed by atoms with Gasteiger partial charge in [0.15, 0.2) is 0 Å².